The van der Waals surface area contributed by atoms with Gasteiger partial charge in [-0.1, -0.05) is 80.6 Å². The quantitative estimate of drug-likeness (QED) is 0.0908. The molecule has 4 aromatic rings. The highest BCUT2D eigenvalue weighted by Crippen LogP contribution is 2.33. The number of carbonyl (C=O) groups is 10. The average molecular weight is 1270 g/mol. The molecule has 23 nitrogen and oxygen atoms in total. The van der Waals surface area contributed by atoms with Crippen molar-refractivity contribution < 1.29 is 72.0 Å². The van der Waals surface area contributed by atoms with E-state index in [4.69, 9.17) is 18.9 Å². The molecule has 3 aliphatic rings. The summed E-state index contributed by atoms with van der Waals surface area (Å²) >= 11 is 0. The van der Waals surface area contributed by atoms with Crippen molar-refractivity contribution in [1.82, 2.24) is 35.6 Å². The Labute approximate surface area is 537 Å². The van der Waals surface area contributed by atoms with Gasteiger partial charge in [-0.2, -0.15) is 0 Å². The molecule has 4 aromatic carbocycles. The number of phenols is 1. The second kappa shape index (κ2) is 33.3. The molecule has 7 amide bonds. The fraction of sp³-hybridized carbons (Fsp3) is 0.478. The van der Waals surface area contributed by atoms with Gasteiger partial charge in [0.05, 0.1) is 19.6 Å². The number of amides is 7. The molecule has 92 heavy (non-hydrogen) atoms. The normalized spacial score (nSPS) is 23.2. The van der Waals surface area contributed by atoms with Crippen molar-refractivity contribution in [1.29, 1.82) is 0 Å². The number of benzene rings is 4. The molecular formula is C69H88N8O15. The summed E-state index contributed by atoms with van der Waals surface area (Å²) in [6.07, 6.45) is 3.88. The molecule has 0 spiro atoms. The van der Waals surface area contributed by atoms with E-state index in [-0.39, 0.29) is 82.3 Å². The summed E-state index contributed by atoms with van der Waals surface area (Å²) in [6.45, 7) is 7.35. The van der Waals surface area contributed by atoms with Crippen LogP contribution >= 0.6 is 0 Å². The first kappa shape index (κ1) is 70.3. The van der Waals surface area contributed by atoms with Crippen LogP contribution in [0.4, 0.5) is 5.69 Å². The number of nitrogens with one attached hydrogen (secondary N) is 4. The van der Waals surface area contributed by atoms with E-state index in [2.05, 4.69) is 21.3 Å². The number of Topliss-reactive ketones (excluding diaryl/α,β-unsaturated/α-hetero) is 1. The Morgan fingerprint density at radius 2 is 1.38 bits per heavy atom. The molecule has 0 aromatic heterocycles. The number of methoxy groups -OCH3 is 2. The molecule has 494 valence electrons. The molecule has 23 heteroatoms. The Bertz CT molecular complexity index is 3300. The highest BCUT2D eigenvalue weighted by Gasteiger charge is 2.44. The summed E-state index contributed by atoms with van der Waals surface area (Å²) in [5, 5.41) is 21.8. The van der Waals surface area contributed by atoms with Crippen molar-refractivity contribution in [2.24, 2.45) is 11.3 Å². The maximum Gasteiger partial charge on any atom is 0.330 e. The molecule has 5 N–H and O–H groups in total. The number of cyclic esters (lactones) is 2. The summed E-state index contributed by atoms with van der Waals surface area (Å²) in [5.74, 6) is -5.70. The number of phenolic OH excluding ortho intramolecular Hbond substituents is 1. The smallest absolute Gasteiger partial charge is 0.330 e. The number of nitrogens with zero attached hydrogens (tertiary/aromatic N) is 4. The highest BCUT2D eigenvalue weighted by atomic mass is 16.5. The van der Waals surface area contributed by atoms with Gasteiger partial charge >= 0.3 is 11.9 Å². The van der Waals surface area contributed by atoms with Crippen LogP contribution in [-0.4, -0.2) is 176 Å². The van der Waals surface area contributed by atoms with Gasteiger partial charge in [0.2, 0.25) is 41.2 Å². The number of hydrogen-bond donors (Lipinski definition) is 5. The van der Waals surface area contributed by atoms with Crippen LogP contribution in [0.15, 0.2) is 109 Å². The largest absolute Gasteiger partial charge is 0.508 e. The van der Waals surface area contributed by atoms with Crippen LogP contribution < -0.4 is 30.7 Å². The number of aryl methyl sites for hydroxylation is 1. The van der Waals surface area contributed by atoms with Crippen molar-refractivity contribution in [3.63, 3.8) is 0 Å². The lowest BCUT2D eigenvalue weighted by Crippen LogP contribution is -2.58. The zero-order valence-electron chi connectivity index (χ0n) is 53.9. The van der Waals surface area contributed by atoms with Gasteiger partial charge in [0.25, 0.3) is 5.91 Å². The molecular weight excluding hydrogens is 1180 g/mol. The Kier molecular flexibility index (Phi) is 25.4. The fourth-order valence-electron chi connectivity index (χ4n) is 11.5. The maximum atomic E-state index is 15.0. The standard InChI is InChI=1S/C69H88N8O15/c1-44(2)39-54-65(85)74(5)38-35-70-34-15-23-60(81)91-43-69(3,4)62(82)67(87)77-36-13-12-21-53(77)68(88)92-55(30-26-46-27-31-56(89-7)57(41-46)90-8)48-19-14-20-49(42-48)71-58(79)32-33-59(80)73-61(47-17-10-9-11-18-47)63(83)72-51(40-45-24-28-50(78)29-25-45)64(84)76-37-16-22-52(76)66(86)75(54)6/h9-11,14-15,17-20,23-25,27-29,31,41-42,44,51-55,61,70,78H,12-13,16,21-22,26,30,32-40,43H2,1-8H3,(H,71,79)(H,72,83)(H,73,80)/b23-15+/t51-,52+,53-,54-,55+,61?/m0/s1. The van der Waals surface area contributed by atoms with Crippen LogP contribution in [0.5, 0.6) is 17.2 Å². The number of aromatic hydroxyl groups is 1. The van der Waals surface area contributed by atoms with Gasteiger partial charge in [-0.3, -0.25) is 38.4 Å². The zero-order valence-corrected chi connectivity index (χ0v) is 53.9. The minimum absolute atomic E-state index is 0.0189. The molecule has 2 saturated heterocycles. The van der Waals surface area contributed by atoms with Crippen LogP contribution in [0.2, 0.25) is 0 Å². The van der Waals surface area contributed by atoms with E-state index in [0.717, 1.165) is 5.56 Å². The minimum atomic E-state index is -1.49. The topological polar surface area (TPSA) is 289 Å². The predicted molar refractivity (Wildman–Crippen MR) is 342 cm³/mol. The first-order valence-electron chi connectivity index (χ1n) is 31.4. The monoisotopic (exact) mass is 1270 g/mol. The zero-order chi connectivity index (χ0) is 66.6. The number of carbonyl (C=O) groups excluding carboxylic acids is 10. The van der Waals surface area contributed by atoms with E-state index in [1.165, 1.54) is 72.0 Å². The lowest BCUT2D eigenvalue weighted by molar-refractivity contribution is -0.165. The number of likely N-dealkylation sites (N-methyl/N-ethyl adjacent to an activating group) is 2. The molecule has 0 aliphatic carbocycles. The Morgan fingerprint density at radius 1 is 0.696 bits per heavy atom. The highest BCUT2D eigenvalue weighted by molar-refractivity contribution is 6.38. The van der Waals surface area contributed by atoms with E-state index >= 15 is 4.79 Å². The third-order valence-corrected chi connectivity index (χ3v) is 16.8. The molecule has 2 bridgehead atoms. The molecule has 7 rings (SSSR count). The van der Waals surface area contributed by atoms with E-state index in [0.29, 0.717) is 72.5 Å². The molecule has 6 atom stereocenters. The number of piperidine rings is 1. The van der Waals surface area contributed by atoms with Crippen molar-refractivity contribution in [2.45, 2.75) is 135 Å². The van der Waals surface area contributed by atoms with Crippen LogP contribution in [0.3, 0.4) is 0 Å². The van der Waals surface area contributed by atoms with Gasteiger partial charge in [-0.15, -0.1) is 0 Å². The average Bonchev–Trinajstić information content (AvgIpc) is 1.36. The molecule has 3 heterocycles. The maximum absolute atomic E-state index is 15.0. The van der Waals surface area contributed by atoms with E-state index in [9.17, 15) is 48.3 Å². The summed E-state index contributed by atoms with van der Waals surface area (Å²) < 4.78 is 22.8. The van der Waals surface area contributed by atoms with E-state index in [1.807, 2.05) is 19.9 Å². The van der Waals surface area contributed by atoms with Crippen LogP contribution in [0.25, 0.3) is 0 Å². The first-order chi connectivity index (χ1) is 44.0. The molecule has 0 radical (unpaired) electrons. The lowest BCUT2D eigenvalue weighted by atomic mass is 9.87. The van der Waals surface area contributed by atoms with Gasteiger partial charge in [0.1, 0.15) is 48.7 Å². The lowest BCUT2D eigenvalue weighted by Gasteiger charge is -2.36. The molecule has 3 aliphatic heterocycles. The van der Waals surface area contributed by atoms with Gasteiger partial charge in [-0.05, 0) is 130 Å². The van der Waals surface area contributed by atoms with Crippen molar-refractivity contribution in [3.8, 4) is 17.2 Å². The number of hydrogen-bond acceptors (Lipinski definition) is 16. The minimum Gasteiger partial charge on any atom is -0.508 e. The third kappa shape index (κ3) is 19.2. The summed E-state index contributed by atoms with van der Waals surface area (Å²) in [5.41, 5.74) is 1.06. The molecule has 2 fully saturated rings. The van der Waals surface area contributed by atoms with Gasteiger partial charge in [0.15, 0.2) is 11.5 Å². The van der Waals surface area contributed by atoms with Crippen molar-refractivity contribution in [2.75, 3.05) is 73.0 Å². The van der Waals surface area contributed by atoms with Crippen LogP contribution in [0.1, 0.15) is 120 Å². The van der Waals surface area contributed by atoms with Crippen LogP contribution in [-0.2, 0) is 70.3 Å². The predicted octanol–water partition coefficient (Wildman–Crippen LogP) is 5.93. The molecule has 1 unspecified atom stereocenters. The van der Waals surface area contributed by atoms with Gasteiger partial charge < -0.3 is 64.9 Å². The van der Waals surface area contributed by atoms with Crippen molar-refractivity contribution >= 4 is 64.8 Å². The van der Waals surface area contributed by atoms with E-state index in [1.54, 1.807) is 93.0 Å². The first-order valence-corrected chi connectivity index (χ1v) is 31.4. The number of ether oxygens (including phenoxy) is 4. The second-order valence-corrected chi connectivity index (χ2v) is 24.7. The van der Waals surface area contributed by atoms with Crippen LogP contribution in [0, 0.1) is 11.3 Å². The number of ketones is 1. The fourth-order valence-corrected chi connectivity index (χ4v) is 11.5. The Hall–Kier alpha value is -9.12. The number of anilines is 1. The number of esters is 2. The van der Waals surface area contributed by atoms with Crippen molar-refractivity contribution in [3.05, 3.63) is 131 Å². The summed E-state index contributed by atoms with van der Waals surface area (Å²) in [7, 11) is 6.21. The summed E-state index contributed by atoms with van der Waals surface area (Å²) in [6, 6.07) is 20.9. The van der Waals surface area contributed by atoms with Gasteiger partial charge in [-0.25, -0.2) is 9.59 Å². The van der Waals surface area contributed by atoms with E-state index < -0.39 is 101 Å². The summed E-state index contributed by atoms with van der Waals surface area (Å²) in [4.78, 5) is 148. The SMILES string of the molecule is COc1ccc(CC[C@H]2OC(=O)[C@@H]3CCCCN3C(=O)C(=O)C(C)(C)COC(=O)/C=C/CNCCN(C)C(=O)[C@H](CC(C)C)N(C)C(=O)[C@H]3CCCN3C(=O)[C@H](Cc3ccc(O)cc3)NC(=O)C(c3ccccc3)NC(=O)CCC(=O)Nc3cccc2c3)cc1OC. The number of fused-ring (bicyclic) bond motifs is 4. The third-order valence-electron chi connectivity index (χ3n) is 16.8. The Morgan fingerprint density at radius 3 is 2.10 bits per heavy atom. The Balaban J connectivity index is 1.18. The van der Waals surface area contributed by atoms with Gasteiger partial charge in [0, 0.05) is 77.8 Å². The number of rotatable bonds is 10. The molecule has 0 saturated carbocycles. The second-order valence-electron chi connectivity index (χ2n) is 24.7.